The van der Waals surface area contributed by atoms with Crippen LogP contribution in [0.3, 0.4) is 0 Å². The topological polar surface area (TPSA) is 96.3 Å². The molecule has 1 aliphatic heterocycles. The Hall–Kier alpha value is -1.99. The Morgan fingerprint density at radius 3 is 2.79 bits per heavy atom. The van der Waals surface area contributed by atoms with Gasteiger partial charge < -0.3 is 5.32 Å². The highest BCUT2D eigenvalue weighted by Crippen LogP contribution is 2.31. The van der Waals surface area contributed by atoms with Crippen molar-refractivity contribution in [3.05, 3.63) is 46.0 Å². The summed E-state index contributed by atoms with van der Waals surface area (Å²) >= 11 is 0. The van der Waals surface area contributed by atoms with Gasteiger partial charge in [-0.15, -0.1) is 0 Å². The Labute approximate surface area is 141 Å². The van der Waals surface area contributed by atoms with Crippen LogP contribution in [0.25, 0.3) is 0 Å². The Balaban J connectivity index is 1.56. The molecule has 3 rings (SSSR count). The molecule has 1 heterocycles. The molecular formula is C17H24N4O3. The van der Waals surface area contributed by atoms with Gasteiger partial charge in [-0.25, -0.2) is 5.43 Å². The van der Waals surface area contributed by atoms with E-state index in [0.29, 0.717) is 19.4 Å². The third-order valence-electron chi connectivity index (χ3n) is 5.26. The van der Waals surface area contributed by atoms with Crippen molar-refractivity contribution in [2.75, 3.05) is 6.54 Å². The Bertz CT molecular complexity index is 595. The summed E-state index contributed by atoms with van der Waals surface area (Å²) in [5.41, 5.74) is 7.35. The average molecular weight is 332 g/mol. The summed E-state index contributed by atoms with van der Waals surface area (Å²) in [6, 6.07) is 9.24. The van der Waals surface area contributed by atoms with Crippen LogP contribution in [0, 0.1) is 16.0 Å². The third kappa shape index (κ3) is 3.57. The number of rotatable bonds is 5. The van der Waals surface area contributed by atoms with Crippen LogP contribution in [0.15, 0.2) is 30.3 Å². The van der Waals surface area contributed by atoms with E-state index in [1.807, 2.05) is 30.3 Å². The maximum absolute atomic E-state index is 12.5. The summed E-state index contributed by atoms with van der Waals surface area (Å²) in [5, 5.41) is 14.0. The van der Waals surface area contributed by atoms with Crippen molar-refractivity contribution < 1.29 is 9.72 Å². The van der Waals surface area contributed by atoms with Crippen LogP contribution in [-0.2, 0) is 4.79 Å². The number of hydrazine groups is 1. The van der Waals surface area contributed by atoms with E-state index in [0.717, 1.165) is 6.42 Å². The molecule has 2 aliphatic rings. The summed E-state index contributed by atoms with van der Waals surface area (Å²) in [6.45, 7) is 2.62. The van der Waals surface area contributed by atoms with E-state index in [1.165, 1.54) is 5.56 Å². The minimum atomic E-state index is -0.536. The monoisotopic (exact) mass is 332 g/mol. The molecule has 0 bridgehead atoms. The molecule has 3 N–H and O–H groups in total. The second kappa shape index (κ2) is 7.27. The minimum Gasteiger partial charge on any atom is -0.354 e. The fourth-order valence-electron chi connectivity index (χ4n) is 3.75. The zero-order chi connectivity index (χ0) is 17.1. The van der Waals surface area contributed by atoms with Gasteiger partial charge in [-0.1, -0.05) is 37.3 Å². The molecule has 0 radical (unpaired) electrons. The number of carbonyl (C=O) groups excluding carboxylic acids is 1. The number of benzene rings is 1. The zero-order valence-electron chi connectivity index (χ0n) is 13.8. The second-order valence-corrected chi connectivity index (χ2v) is 6.85. The third-order valence-corrected chi connectivity index (χ3v) is 5.26. The molecule has 1 saturated heterocycles. The number of nitrogens with zero attached hydrogens (tertiary/aromatic N) is 1. The van der Waals surface area contributed by atoms with Crippen LogP contribution in [0.1, 0.15) is 37.7 Å². The normalized spacial score (nSPS) is 30.4. The van der Waals surface area contributed by atoms with Gasteiger partial charge in [-0.05, 0) is 17.9 Å². The van der Waals surface area contributed by atoms with Crippen LogP contribution < -0.4 is 16.2 Å². The lowest BCUT2D eigenvalue weighted by Gasteiger charge is -2.28. The first-order chi connectivity index (χ1) is 11.6. The van der Waals surface area contributed by atoms with E-state index < -0.39 is 12.1 Å². The first kappa shape index (κ1) is 16.9. The van der Waals surface area contributed by atoms with Crippen molar-refractivity contribution in [3.63, 3.8) is 0 Å². The molecule has 1 aromatic rings. The molecule has 5 unspecified atom stereocenters. The van der Waals surface area contributed by atoms with Gasteiger partial charge in [0.2, 0.25) is 11.9 Å². The number of hydrogen-bond donors (Lipinski definition) is 3. The predicted molar refractivity (Wildman–Crippen MR) is 89.8 cm³/mol. The van der Waals surface area contributed by atoms with Gasteiger partial charge in [0.1, 0.15) is 6.04 Å². The van der Waals surface area contributed by atoms with Crippen molar-refractivity contribution in [3.8, 4) is 0 Å². The van der Waals surface area contributed by atoms with Gasteiger partial charge >= 0.3 is 0 Å². The van der Waals surface area contributed by atoms with E-state index in [9.17, 15) is 14.9 Å². The average Bonchev–Trinajstić information content (AvgIpc) is 3.03. The molecule has 1 aliphatic carbocycles. The van der Waals surface area contributed by atoms with Crippen molar-refractivity contribution in [1.82, 2.24) is 16.2 Å². The number of amides is 1. The van der Waals surface area contributed by atoms with Gasteiger partial charge in [0.25, 0.3) is 0 Å². The molecule has 24 heavy (non-hydrogen) atoms. The Kier molecular flexibility index (Phi) is 5.11. The van der Waals surface area contributed by atoms with Gasteiger partial charge in [0.15, 0.2) is 0 Å². The van der Waals surface area contributed by atoms with Crippen molar-refractivity contribution in [2.24, 2.45) is 5.92 Å². The van der Waals surface area contributed by atoms with Crippen LogP contribution in [0.4, 0.5) is 0 Å². The van der Waals surface area contributed by atoms with E-state index in [4.69, 9.17) is 0 Å². The minimum absolute atomic E-state index is 0.0267. The molecule has 130 valence electrons. The van der Waals surface area contributed by atoms with Crippen molar-refractivity contribution in [1.29, 1.82) is 0 Å². The lowest BCUT2D eigenvalue weighted by atomic mass is 9.79. The van der Waals surface area contributed by atoms with Crippen LogP contribution in [0.2, 0.25) is 0 Å². The molecular weight excluding hydrogens is 308 g/mol. The van der Waals surface area contributed by atoms with E-state index in [2.05, 4.69) is 23.1 Å². The predicted octanol–water partition coefficient (Wildman–Crippen LogP) is 1.20. The summed E-state index contributed by atoms with van der Waals surface area (Å²) < 4.78 is 0. The van der Waals surface area contributed by atoms with Gasteiger partial charge in [-0.3, -0.25) is 20.3 Å². The first-order valence-electron chi connectivity index (χ1n) is 8.53. The molecule has 1 saturated carbocycles. The molecule has 7 nitrogen and oxygen atoms in total. The van der Waals surface area contributed by atoms with Crippen LogP contribution in [0.5, 0.6) is 0 Å². The fourth-order valence-corrected chi connectivity index (χ4v) is 3.75. The molecule has 1 amide bonds. The van der Waals surface area contributed by atoms with Gasteiger partial charge in [0, 0.05) is 36.3 Å². The van der Waals surface area contributed by atoms with E-state index in [-0.39, 0.29) is 28.7 Å². The second-order valence-electron chi connectivity index (χ2n) is 6.85. The Morgan fingerprint density at radius 2 is 2.08 bits per heavy atom. The highest BCUT2D eigenvalue weighted by molar-refractivity contribution is 5.82. The lowest BCUT2D eigenvalue weighted by Crippen LogP contribution is -2.47. The van der Waals surface area contributed by atoms with E-state index in [1.54, 1.807) is 0 Å². The number of nitro groups is 1. The van der Waals surface area contributed by atoms with Gasteiger partial charge in [0.05, 0.1) is 0 Å². The highest BCUT2D eigenvalue weighted by atomic mass is 16.6. The van der Waals surface area contributed by atoms with Crippen LogP contribution in [-0.4, -0.2) is 35.5 Å². The number of carbonyl (C=O) groups is 1. The SMILES string of the molecule is CC(CNC(=O)C1NNC2CCC([N+](=O)[O-])CC21)c1ccccc1. The van der Waals surface area contributed by atoms with Crippen molar-refractivity contribution >= 4 is 5.91 Å². The first-order valence-corrected chi connectivity index (χ1v) is 8.53. The summed E-state index contributed by atoms with van der Waals surface area (Å²) in [4.78, 5) is 23.4. The molecule has 0 aromatic heterocycles. The summed E-state index contributed by atoms with van der Waals surface area (Å²) in [7, 11) is 0. The maximum Gasteiger partial charge on any atom is 0.238 e. The number of hydrogen-bond acceptors (Lipinski definition) is 5. The molecule has 7 heteroatoms. The molecule has 2 fully saturated rings. The molecule has 0 spiro atoms. The molecule has 1 aromatic carbocycles. The lowest BCUT2D eigenvalue weighted by molar-refractivity contribution is -0.528. The fraction of sp³-hybridized carbons (Fsp3) is 0.588. The van der Waals surface area contributed by atoms with E-state index >= 15 is 0 Å². The largest absolute Gasteiger partial charge is 0.354 e. The summed E-state index contributed by atoms with van der Waals surface area (Å²) in [6.07, 6.45) is 1.75. The maximum atomic E-state index is 12.5. The molecule has 5 atom stereocenters. The number of fused-ring (bicyclic) bond motifs is 1. The van der Waals surface area contributed by atoms with Crippen molar-refractivity contribution in [2.45, 2.75) is 50.2 Å². The quantitative estimate of drug-likeness (QED) is 0.556. The standard InChI is InChI=1S/C17H24N4O3/c1-11(12-5-3-2-4-6-12)10-18-17(22)16-14-9-13(21(23)24)7-8-15(14)19-20-16/h2-6,11,13-16,19-20H,7-10H2,1H3,(H,18,22). The smallest absolute Gasteiger partial charge is 0.238 e. The van der Waals surface area contributed by atoms with Crippen LogP contribution >= 0.6 is 0 Å². The number of nitrogens with one attached hydrogen (secondary N) is 3. The zero-order valence-corrected chi connectivity index (χ0v) is 13.8. The highest BCUT2D eigenvalue weighted by Gasteiger charge is 2.46. The Morgan fingerprint density at radius 1 is 1.33 bits per heavy atom. The summed E-state index contributed by atoms with van der Waals surface area (Å²) in [5.74, 6) is 0.112. The van der Waals surface area contributed by atoms with Gasteiger partial charge in [-0.2, -0.15) is 0 Å².